The van der Waals surface area contributed by atoms with Gasteiger partial charge in [0.1, 0.15) is 0 Å². The minimum Gasteiger partial charge on any atom is -0.449 e. The van der Waals surface area contributed by atoms with Crippen LogP contribution < -0.4 is 10.6 Å². The van der Waals surface area contributed by atoms with Crippen molar-refractivity contribution in [3.63, 3.8) is 0 Å². The van der Waals surface area contributed by atoms with Crippen molar-refractivity contribution in [1.82, 2.24) is 9.80 Å². The highest BCUT2D eigenvalue weighted by atomic mass is 16.6. The predicted molar refractivity (Wildman–Crippen MR) is 112 cm³/mol. The maximum absolute atomic E-state index is 11.8. The monoisotopic (exact) mass is 394 g/mol. The highest BCUT2D eigenvalue weighted by Crippen LogP contribution is 2.14. The second-order valence-corrected chi connectivity index (χ2v) is 6.60. The summed E-state index contributed by atoms with van der Waals surface area (Å²) in [5, 5.41) is 5.32. The summed E-state index contributed by atoms with van der Waals surface area (Å²) in [6.45, 7) is 8.61. The smallest absolute Gasteiger partial charge is 0.411 e. The number of carbonyl (C=O) groups is 2. The third kappa shape index (κ3) is 10.7. The minimum absolute atomic E-state index is 0.371. The van der Waals surface area contributed by atoms with E-state index in [2.05, 4.69) is 34.3 Å². The Balaban J connectivity index is 2.25. The molecule has 0 bridgehead atoms. The van der Waals surface area contributed by atoms with Gasteiger partial charge in [0.15, 0.2) is 0 Å². The Kier molecular flexibility index (Phi) is 11.7. The van der Waals surface area contributed by atoms with Gasteiger partial charge in [-0.2, -0.15) is 0 Å². The Morgan fingerprint density at radius 1 is 0.786 bits per heavy atom. The average Bonchev–Trinajstić information content (AvgIpc) is 2.69. The van der Waals surface area contributed by atoms with Crippen molar-refractivity contribution < 1.29 is 19.1 Å². The number of amides is 2. The fourth-order valence-corrected chi connectivity index (χ4v) is 2.26. The molecule has 0 saturated carbocycles. The molecule has 0 heterocycles. The molecule has 1 aromatic rings. The van der Waals surface area contributed by atoms with Gasteiger partial charge < -0.3 is 19.3 Å². The number of carbonyl (C=O) groups excluding carboxylic acids is 2. The highest BCUT2D eigenvalue weighted by Gasteiger charge is 2.06. The fourth-order valence-electron chi connectivity index (χ4n) is 2.26. The van der Waals surface area contributed by atoms with Crippen LogP contribution in [0.5, 0.6) is 0 Å². The second-order valence-electron chi connectivity index (χ2n) is 6.60. The Morgan fingerprint density at radius 2 is 1.14 bits per heavy atom. The number of anilines is 2. The first-order valence-electron chi connectivity index (χ1n) is 9.79. The van der Waals surface area contributed by atoms with Crippen LogP contribution in [0.4, 0.5) is 21.0 Å². The average molecular weight is 395 g/mol. The first-order valence-corrected chi connectivity index (χ1v) is 9.79. The zero-order chi connectivity index (χ0) is 20.8. The second kappa shape index (κ2) is 13.8. The number of nitrogens with zero attached hydrogens (tertiary/aromatic N) is 2. The van der Waals surface area contributed by atoms with Crippen molar-refractivity contribution in [2.45, 2.75) is 26.7 Å². The van der Waals surface area contributed by atoms with Crippen LogP contribution in [0.3, 0.4) is 0 Å². The van der Waals surface area contributed by atoms with E-state index < -0.39 is 12.2 Å². The number of rotatable bonds is 12. The van der Waals surface area contributed by atoms with Crippen LogP contribution >= 0.6 is 0 Å². The van der Waals surface area contributed by atoms with E-state index in [1.54, 1.807) is 24.3 Å². The molecule has 0 radical (unpaired) electrons. The first-order chi connectivity index (χ1) is 13.4. The lowest BCUT2D eigenvalue weighted by molar-refractivity contribution is 0.154. The predicted octanol–water partition coefficient (Wildman–Crippen LogP) is 3.47. The van der Waals surface area contributed by atoms with Crippen molar-refractivity contribution in [2.24, 2.45) is 0 Å². The normalized spacial score (nSPS) is 10.8. The molecular weight excluding hydrogens is 360 g/mol. The minimum atomic E-state index is -0.490. The van der Waals surface area contributed by atoms with Crippen LogP contribution in [0, 0.1) is 0 Å². The topological polar surface area (TPSA) is 83.1 Å². The Labute approximate surface area is 168 Å². The lowest BCUT2D eigenvalue weighted by Crippen LogP contribution is -2.22. The summed E-state index contributed by atoms with van der Waals surface area (Å²) in [6.07, 6.45) is 0.599. The van der Waals surface area contributed by atoms with E-state index in [1.807, 2.05) is 14.1 Å². The van der Waals surface area contributed by atoms with E-state index in [-0.39, 0.29) is 0 Å². The van der Waals surface area contributed by atoms with Crippen molar-refractivity contribution in [3.05, 3.63) is 24.3 Å². The standard InChI is InChI=1S/C20H34N4O4/c1-5-23(3)13-7-15-27-19(25)21-17-9-11-18(12-10-17)22-20(26)28-16-8-14-24(4)6-2/h9-12H,5-8,13-16H2,1-4H3,(H,21,25)(H,22,26). The van der Waals surface area contributed by atoms with Crippen molar-refractivity contribution >= 4 is 23.6 Å². The molecule has 0 aliphatic heterocycles. The Hall–Kier alpha value is -2.32. The number of hydrogen-bond donors (Lipinski definition) is 2. The van der Waals surface area contributed by atoms with Gasteiger partial charge in [-0.25, -0.2) is 9.59 Å². The van der Waals surface area contributed by atoms with Crippen LogP contribution in [0.1, 0.15) is 26.7 Å². The zero-order valence-electron chi connectivity index (χ0n) is 17.5. The maximum Gasteiger partial charge on any atom is 0.411 e. The number of hydrogen-bond acceptors (Lipinski definition) is 6. The number of benzene rings is 1. The van der Waals surface area contributed by atoms with Crippen molar-refractivity contribution in [3.8, 4) is 0 Å². The Bertz CT molecular complexity index is 529. The molecule has 2 N–H and O–H groups in total. The molecule has 8 heteroatoms. The van der Waals surface area contributed by atoms with E-state index in [9.17, 15) is 9.59 Å². The molecule has 28 heavy (non-hydrogen) atoms. The SMILES string of the molecule is CCN(C)CCCOC(=O)Nc1ccc(NC(=O)OCCCN(C)CC)cc1. The van der Waals surface area contributed by atoms with E-state index in [0.29, 0.717) is 24.6 Å². The molecule has 8 nitrogen and oxygen atoms in total. The molecule has 158 valence electrons. The highest BCUT2D eigenvalue weighted by molar-refractivity contribution is 5.87. The van der Waals surface area contributed by atoms with Gasteiger partial charge in [-0.3, -0.25) is 10.6 Å². The van der Waals surface area contributed by atoms with Gasteiger partial charge in [0.2, 0.25) is 0 Å². The summed E-state index contributed by atoms with van der Waals surface area (Å²) in [7, 11) is 4.05. The van der Waals surface area contributed by atoms with Gasteiger partial charge in [-0.1, -0.05) is 13.8 Å². The summed E-state index contributed by atoms with van der Waals surface area (Å²) in [5.41, 5.74) is 1.19. The molecule has 1 aromatic carbocycles. The van der Waals surface area contributed by atoms with E-state index >= 15 is 0 Å². The lowest BCUT2D eigenvalue weighted by Gasteiger charge is -2.14. The summed E-state index contributed by atoms with van der Waals surface area (Å²) in [5.74, 6) is 0. The quantitative estimate of drug-likeness (QED) is 0.528. The molecule has 0 unspecified atom stereocenters. The molecule has 0 fully saturated rings. The molecule has 0 aliphatic rings. The zero-order valence-corrected chi connectivity index (χ0v) is 17.5. The largest absolute Gasteiger partial charge is 0.449 e. The van der Waals surface area contributed by atoms with E-state index in [0.717, 1.165) is 39.0 Å². The van der Waals surface area contributed by atoms with E-state index in [1.165, 1.54) is 0 Å². The van der Waals surface area contributed by atoms with Crippen LogP contribution in [0.25, 0.3) is 0 Å². The van der Waals surface area contributed by atoms with Gasteiger partial charge >= 0.3 is 12.2 Å². The van der Waals surface area contributed by atoms with E-state index in [4.69, 9.17) is 9.47 Å². The molecule has 0 saturated heterocycles. The molecule has 0 spiro atoms. The van der Waals surface area contributed by atoms with Crippen molar-refractivity contribution in [2.75, 3.05) is 64.1 Å². The maximum atomic E-state index is 11.8. The van der Waals surface area contributed by atoms with Gasteiger partial charge in [0, 0.05) is 24.5 Å². The van der Waals surface area contributed by atoms with Crippen LogP contribution in [-0.2, 0) is 9.47 Å². The Morgan fingerprint density at radius 3 is 1.46 bits per heavy atom. The number of ether oxygens (including phenoxy) is 2. The summed E-state index contributed by atoms with van der Waals surface area (Å²) < 4.78 is 10.3. The summed E-state index contributed by atoms with van der Waals surface area (Å²) in [4.78, 5) is 27.8. The third-order valence-electron chi connectivity index (χ3n) is 4.29. The number of nitrogens with one attached hydrogen (secondary N) is 2. The van der Waals surface area contributed by atoms with Crippen LogP contribution in [-0.4, -0.2) is 75.5 Å². The van der Waals surface area contributed by atoms with Gasteiger partial charge in [0.05, 0.1) is 13.2 Å². The molecule has 0 atom stereocenters. The first kappa shape index (κ1) is 23.7. The molecule has 1 rings (SSSR count). The fraction of sp³-hybridized carbons (Fsp3) is 0.600. The van der Waals surface area contributed by atoms with Crippen molar-refractivity contribution in [1.29, 1.82) is 0 Å². The molecular formula is C20H34N4O4. The molecule has 0 aromatic heterocycles. The lowest BCUT2D eigenvalue weighted by atomic mass is 10.3. The third-order valence-corrected chi connectivity index (χ3v) is 4.29. The van der Waals surface area contributed by atoms with Gasteiger partial charge in [-0.05, 0) is 64.3 Å². The van der Waals surface area contributed by atoms with Gasteiger partial charge in [0.25, 0.3) is 0 Å². The van der Waals surface area contributed by atoms with Crippen LogP contribution in [0.2, 0.25) is 0 Å². The molecule has 2 amide bonds. The van der Waals surface area contributed by atoms with Gasteiger partial charge in [-0.15, -0.1) is 0 Å². The summed E-state index contributed by atoms with van der Waals surface area (Å²) >= 11 is 0. The molecule has 0 aliphatic carbocycles. The van der Waals surface area contributed by atoms with Crippen LogP contribution in [0.15, 0.2) is 24.3 Å². The summed E-state index contributed by atoms with van der Waals surface area (Å²) in [6, 6.07) is 6.77.